The van der Waals surface area contributed by atoms with E-state index in [1.165, 1.54) is 38.8 Å². The molecule has 157 valence electrons. The maximum Gasteiger partial charge on any atom is 0.0239 e. The molecule has 4 aromatic carbocycles. The molecule has 5 aromatic rings. The first-order valence-corrected chi connectivity index (χ1v) is 10.7. The van der Waals surface area contributed by atoms with Crippen LogP contribution < -0.4 is 0 Å². The largest absolute Gasteiger partial charge is 0.304 e. The van der Waals surface area contributed by atoms with Crippen LogP contribution in [0.1, 0.15) is 25.0 Å². The maximum absolute atomic E-state index is 4.72. The van der Waals surface area contributed by atoms with Gasteiger partial charge in [-0.2, -0.15) is 0 Å². The summed E-state index contributed by atoms with van der Waals surface area (Å²) < 4.78 is 0. The van der Waals surface area contributed by atoms with Gasteiger partial charge >= 0.3 is 0 Å². The molecule has 0 saturated carbocycles. The van der Waals surface area contributed by atoms with E-state index in [2.05, 4.69) is 111 Å². The molecular formula is C30H22IrN-. The van der Waals surface area contributed by atoms with Crippen LogP contribution in [0.25, 0.3) is 44.3 Å². The first-order valence-electron chi connectivity index (χ1n) is 10.7. The van der Waals surface area contributed by atoms with Crippen LogP contribution in [0.4, 0.5) is 0 Å². The quantitative estimate of drug-likeness (QED) is 0.193. The Kier molecular flexibility index (Phi) is 5.08. The Morgan fingerprint density at radius 3 is 2.22 bits per heavy atom. The smallest absolute Gasteiger partial charge is 0.0239 e. The van der Waals surface area contributed by atoms with Crippen molar-refractivity contribution in [3.8, 4) is 33.5 Å². The molecule has 1 aromatic heterocycles. The summed E-state index contributed by atoms with van der Waals surface area (Å²) in [5, 5.41) is 2.37. The Balaban J connectivity index is 0.00000216. The Morgan fingerprint density at radius 1 is 0.688 bits per heavy atom. The van der Waals surface area contributed by atoms with Crippen molar-refractivity contribution in [3.63, 3.8) is 0 Å². The van der Waals surface area contributed by atoms with Gasteiger partial charge in [-0.1, -0.05) is 104 Å². The molecule has 32 heavy (non-hydrogen) atoms. The molecule has 0 unspecified atom stereocenters. The zero-order chi connectivity index (χ0) is 21.0. The van der Waals surface area contributed by atoms with Crippen molar-refractivity contribution in [1.29, 1.82) is 0 Å². The molecule has 6 rings (SSSR count). The van der Waals surface area contributed by atoms with Gasteiger partial charge in [-0.15, -0.1) is 29.3 Å². The summed E-state index contributed by atoms with van der Waals surface area (Å²) >= 11 is 0. The normalized spacial score (nSPS) is 13.3. The molecule has 1 radical (unpaired) electrons. The van der Waals surface area contributed by atoms with E-state index in [4.69, 9.17) is 4.98 Å². The zero-order valence-corrected chi connectivity index (χ0v) is 20.4. The average molecular weight is 589 g/mol. The van der Waals surface area contributed by atoms with Gasteiger partial charge in [0.25, 0.3) is 0 Å². The third-order valence-corrected chi connectivity index (χ3v) is 6.62. The Labute approximate surface area is 202 Å². The molecule has 0 atom stereocenters. The van der Waals surface area contributed by atoms with Gasteiger partial charge in [0, 0.05) is 26.3 Å². The third-order valence-electron chi connectivity index (χ3n) is 6.62. The number of nitrogens with zero attached hydrogens (tertiary/aromatic N) is 1. The SMILES string of the molecule is CC1(C)c2cc(-c3cc4ccccc4cn3)[c-]cc2-c2ccc(-c3ccccc3)cc21.[Ir]. The molecule has 0 N–H and O–H groups in total. The summed E-state index contributed by atoms with van der Waals surface area (Å²) in [5.41, 5.74) is 9.78. The predicted octanol–water partition coefficient (Wildman–Crippen LogP) is 7.67. The van der Waals surface area contributed by atoms with Gasteiger partial charge in [-0.05, 0) is 38.6 Å². The first-order chi connectivity index (χ1) is 15.1. The summed E-state index contributed by atoms with van der Waals surface area (Å²) in [6.07, 6.45) is 1.96. The summed E-state index contributed by atoms with van der Waals surface area (Å²) in [7, 11) is 0. The molecule has 1 aliphatic carbocycles. The molecule has 0 saturated heterocycles. The molecular weight excluding hydrogens is 567 g/mol. The topological polar surface area (TPSA) is 12.9 Å². The van der Waals surface area contributed by atoms with Crippen molar-refractivity contribution in [2.45, 2.75) is 19.3 Å². The van der Waals surface area contributed by atoms with E-state index in [0.29, 0.717) is 0 Å². The van der Waals surface area contributed by atoms with E-state index in [1.807, 2.05) is 6.20 Å². The van der Waals surface area contributed by atoms with Crippen molar-refractivity contribution >= 4 is 10.8 Å². The number of rotatable bonds is 2. The summed E-state index contributed by atoms with van der Waals surface area (Å²) in [6, 6.07) is 35.9. The Bertz CT molecular complexity index is 1450. The van der Waals surface area contributed by atoms with Crippen molar-refractivity contribution in [2.75, 3.05) is 0 Å². The Hall–Kier alpha value is -3.06. The van der Waals surface area contributed by atoms with E-state index in [0.717, 1.165) is 16.6 Å². The van der Waals surface area contributed by atoms with Crippen LogP contribution in [-0.2, 0) is 25.5 Å². The number of hydrogen-bond donors (Lipinski definition) is 0. The predicted molar refractivity (Wildman–Crippen MR) is 129 cm³/mol. The maximum atomic E-state index is 4.72. The summed E-state index contributed by atoms with van der Waals surface area (Å²) in [4.78, 5) is 4.72. The molecule has 0 aliphatic heterocycles. The van der Waals surface area contributed by atoms with Gasteiger partial charge in [0.15, 0.2) is 0 Å². The van der Waals surface area contributed by atoms with E-state index in [9.17, 15) is 0 Å². The number of hydrogen-bond acceptors (Lipinski definition) is 1. The number of fused-ring (bicyclic) bond motifs is 4. The van der Waals surface area contributed by atoms with E-state index in [1.54, 1.807) is 0 Å². The minimum absolute atomic E-state index is 0. The van der Waals surface area contributed by atoms with Crippen molar-refractivity contribution in [3.05, 3.63) is 114 Å². The second-order valence-electron chi connectivity index (χ2n) is 8.84. The molecule has 1 heterocycles. The van der Waals surface area contributed by atoms with Crippen LogP contribution in [0.5, 0.6) is 0 Å². The van der Waals surface area contributed by atoms with Crippen LogP contribution >= 0.6 is 0 Å². The molecule has 1 nitrogen and oxygen atoms in total. The van der Waals surface area contributed by atoms with E-state index < -0.39 is 0 Å². The van der Waals surface area contributed by atoms with Gasteiger partial charge in [0.05, 0.1) is 0 Å². The molecule has 1 aliphatic rings. The number of benzene rings is 4. The number of pyridine rings is 1. The second kappa shape index (κ2) is 7.81. The van der Waals surface area contributed by atoms with Crippen LogP contribution in [0.2, 0.25) is 0 Å². The van der Waals surface area contributed by atoms with Crippen LogP contribution in [0, 0.1) is 6.07 Å². The van der Waals surface area contributed by atoms with E-state index in [-0.39, 0.29) is 25.5 Å². The summed E-state index contributed by atoms with van der Waals surface area (Å²) in [6.45, 7) is 4.65. The monoisotopic (exact) mass is 589 g/mol. The molecule has 0 bridgehead atoms. The number of aromatic nitrogens is 1. The first kappa shape index (κ1) is 20.8. The van der Waals surface area contributed by atoms with Gasteiger partial charge in [-0.3, -0.25) is 0 Å². The zero-order valence-electron chi connectivity index (χ0n) is 18.0. The summed E-state index contributed by atoms with van der Waals surface area (Å²) in [5.74, 6) is 0. The minimum atomic E-state index is -0.0733. The third kappa shape index (κ3) is 3.23. The van der Waals surface area contributed by atoms with Crippen LogP contribution in [0.3, 0.4) is 0 Å². The molecule has 0 amide bonds. The fourth-order valence-electron chi connectivity index (χ4n) is 4.86. The van der Waals surface area contributed by atoms with Crippen molar-refractivity contribution in [1.82, 2.24) is 4.98 Å². The molecule has 2 heteroatoms. The van der Waals surface area contributed by atoms with Gasteiger partial charge in [-0.25, -0.2) is 0 Å². The molecule has 0 spiro atoms. The second-order valence-corrected chi connectivity index (χ2v) is 8.84. The Morgan fingerprint density at radius 2 is 1.41 bits per heavy atom. The van der Waals surface area contributed by atoms with Crippen molar-refractivity contribution in [2.24, 2.45) is 0 Å². The average Bonchev–Trinajstić information content (AvgIpc) is 3.05. The van der Waals surface area contributed by atoms with Gasteiger partial charge in [0.1, 0.15) is 0 Å². The van der Waals surface area contributed by atoms with Crippen LogP contribution in [0.15, 0.2) is 97.2 Å². The van der Waals surface area contributed by atoms with Crippen molar-refractivity contribution < 1.29 is 20.1 Å². The van der Waals surface area contributed by atoms with Gasteiger partial charge in [0.2, 0.25) is 0 Å². The minimum Gasteiger partial charge on any atom is -0.304 e. The fraction of sp³-hybridized carbons (Fsp3) is 0.100. The van der Waals surface area contributed by atoms with E-state index >= 15 is 0 Å². The van der Waals surface area contributed by atoms with Gasteiger partial charge < -0.3 is 4.98 Å². The molecule has 0 fully saturated rings. The standard InChI is InChI=1S/C30H22N.Ir/c1-30(2)27-16-22(20-8-4-3-5-9-20)12-14-25(27)26-15-13-23(17-28(26)30)29-18-21-10-6-7-11-24(21)19-31-29;/h3-12,14-19H,1-2H3;/q-1;. The van der Waals surface area contributed by atoms with Crippen LogP contribution in [-0.4, -0.2) is 4.98 Å². The fourth-order valence-corrected chi connectivity index (χ4v) is 4.86.